The molecule has 3 rings (SSSR count). The number of hydrogen-bond acceptors (Lipinski definition) is 5. The first-order chi connectivity index (χ1) is 13.2. The van der Waals surface area contributed by atoms with Crippen LogP contribution in [0.2, 0.25) is 0 Å². The average Bonchev–Trinajstić information content (AvgIpc) is 2.73. The van der Waals surface area contributed by atoms with Gasteiger partial charge in [-0.15, -0.1) is 0 Å². The maximum absolute atomic E-state index is 12.1. The maximum atomic E-state index is 12.1. The normalized spacial score (nSPS) is 10.3. The quantitative estimate of drug-likeness (QED) is 0.644. The van der Waals surface area contributed by atoms with Crippen LogP contribution >= 0.6 is 0 Å². The van der Waals surface area contributed by atoms with Crippen LogP contribution in [0.4, 0.5) is 5.82 Å². The summed E-state index contributed by atoms with van der Waals surface area (Å²) in [4.78, 5) is 20.6. The van der Waals surface area contributed by atoms with Gasteiger partial charge in [0.1, 0.15) is 17.3 Å². The van der Waals surface area contributed by atoms with E-state index in [4.69, 9.17) is 4.74 Å². The Morgan fingerprint density at radius 3 is 2.41 bits per heavy atom. The predicted octanol–water partition coefficient (Wildman–Crippen LogP) is 3.07. The highest BCUT2D eigenvalue weighted by molar-refractivity contribution is 5.91. The van der Waals surface area contributed by atoms with Crippen LogP contribution in [0.5, 0.6) is 5.75 Å². The van der Waals surface area contributed by atoms with Crippen molar-refractivity contribution >= 4 is 11.7 Å². The lowest BCUT2D eigenvalue weighted by atomic mass is 10.1. The second-order valence-electron chi connectivity index (χ2n) is 5.98. The zero-order valence-electron chi connectivity index (χ0n) is 15.2. The Labute approximate surface area is 158 Å². The van der Waals surface area contributed by atoms with Gasteiger partial charge in [0, 0.05) is 13.1 Å². The minimum Gasteiger partial charge on any atom is -0.497 e. The van der Waals surface area contributed by atoms with Crippen LogP contribution in [0, 0.1) is 0 Å². The molecule has 6 heteroatoms. The van der Waals surface area contributed by atoms with Gasteiger partial charge in [-0.1, -0.05) is 42.5 Å². The topological polar surface area (TPSA) is 76.1 Å². The summed E-state index contributed by atoms with van der Waals surface area (Å²) in [6.45, 7) is 1.17. The molecular formula is C21H22N4O2. The van der Waals surface area contributed by atoms with Gasteiger partial charge >= 0.3 is 0 Å². The molecule has 0 aliphatic heterocycles. The van der Waals surface area contributed by atoms with Crippen LogP contribution in [-0.4, -0.2) is 29.5 Å². The van der Waals surface area contributed by atoms with Gasteiger partial charge in [0.25, 0.3) is 5.91 Å². The fourth-order valence-corrected chi connectivity index (χ4v) is 2.53. The smallest absolute Gasteiger partial charge is 0.271 e. The molecule has 0 spiro atoms. The van der Waals surface area contributed by atoms with Crippen LogP contribution in [0.25, 0.3) is 0 Å². The molecule has 27 heavy (non-hydrogen) atoms. The Bertz CT molecular complexity index is 850. The second-order valence-corrected chi connectivity index (χ2v) is 5.98. The molecule has 0 bridgehead atoms. The fraction of sp³-hybridized carbons (Fsp3) is 0.190. The van der Waals surface area contributed by atoms with E-state index in [2.05, 4.69) is 20.6 Å². The summed E-state index contributed by atoms with van der Waals surface area (Å²) in [6.07, 6.45) is 3.82. The maximum Gasteiger partial charge on any atom is 0.271 e. The first kappa shape index (κ1) is 18.4. The Hall–Kier alpha value is -3.41. The molecule has 0 unspecified atom stereocenters. The minimum absolute atomic E-state index is 0.222. The lowest BCUT2D eigenvalue weighted by molar-refractivity contribution is 0.0949. The van der Waals surface area contributed by atoms with Gasteiger partial charge in [-0.3, -0.25) is 4.79 Å². The number of anilines is 1. The monoisotopic (exact) mass is 362 g/mol. The van der Waals surface area contributed by atoms with Crippen LogP contribution in [-0.2, 0) is 13.0 Å². The number of rotatable bonds is 8. The highest BCUT2D eigenvalue weighted by Crippen LogP contribution is 2.12. The molecule has 6 nitrogen and oxygen atoms in total. The van der Waals surface area contributed by atoms with E-state index in [1.165, 1.54) is 11.8 Å². The molecule has 0 aliphatic rings. The van der Waals surface area contributed by atoms with Crippen molar-refractivity contribution in [3.05, 3.63) is 83.8 Å². The van der Waals surface area contributed by atoms with Gasteiger partial charge in [-0.25, -0.2) is 9.97 Å². The SMILES string of the molecule is COc1ccc(CNc2cnc(C(=O)NCCc3ccccc3)cn2)cc1. The number of aromatic nitrogens is 2. The standard InChI is InChI=1S/C21H22N4O2/c1-27-18-9-7-17(8-10-18)13-24-20-15-23-19(14-25-20)21(26)22-12-11-16-5-3-2-4-6-16/h2-10,14-15H,11-13H2,1H3,(H,22,26)(H,24,25). The molecule has 3 aromatic rings. The van der Waals surface area contributed by atoms with Crippen molar-refractivity contribution in [3.63, 3.8) is 0 Å². The average molecular weight is 362 g/mol. The molecule has 1 aromatic heterocycles. The van der Waals surface area contributed by atoms with Gasteiger partial charge in [-0.2, -0.15) is 0 Å². The summed E-state index contributed by atoms with van der Waals surface area (Å²) in [5, 5.41) is 6.04. The summed E-state index contributed by atoms with van der Waals surface area (Å²) in [5.41, 5.74) is 2.58. The molecule has 1 heterocycles. The minimum atomic E-state index is -0.222. The van der Waals surface area contributed by atoms with Crippen molar-refractivity contribution in [2.45, 2.75) is 13.0 Å². The first-order valence-electron chi connectivity index (χ1n) is 8.75. The lowest BCUT2D eigenvalue weighted by Crippen LogP contribution is -2.26. The second kappa shape index (κ2) is 9.33. The fourth-order valence-electron chi connectivity index (χ4n) is 2.53. The summed E-state index contributed by atoms with van der Waals surface area (Å²) >= 11 is 0. The number of methoxy groups -OCH3 is 1. The number of amides is 1. The summed E-state index contributed by atoms with van der Waals surface area (Å²) < 4.78 is 5.14. The largest absolute Gasteiger partial charge is 0.497 e. The molecule has 1 amide bonds. The van der Waals surface area contributed by atoms with Crippen LogP contribution in [0.1, 0.15) is 21.6 Å². The van der Waals surface area contributed by atoms with Gasteiger partial charge < -0.3 is 15.4 Å². The number of nitrogens with zero attached hydrogens (tertiary/aromatic N) is 2. The third kappa shape index (κ3) is 5.54. The zero-order chi connectivity index (χ0) is 18.9. The van der Waals surface area contributed by atoms with E-state index in [0.29, 0.717) is 24.6 Å². The number of ether oxygens (including phenoxy) is 1. The van der Waals surface area contributed by atoms with Gasteiger partial charge in [0.05, 0.1) is 19.5 Å². The highest BCUT2D eigenvalue weighted by atomic mass is 16.5. The Morgan fingerprint density at radius 2 is 1.74 bits per heavy atom. The van der Waals surface area contributed by atoms with E-state index in [1.807, 2.05) is 54.6 Å². The molecule has 0 radical (unpaired) electrons. The number of hydrogen-bond donors (Lipinski definition) is 2. The Morgan fingerprint density at radius 1 is 0.963 bits per heavy atom. The molecule has 0 saturated heterocycles. The third-order valence-electron chi connectivity index (χ3n) is 4.06. The van der Waals surface area contributed by atoms with Crippen molar-refractivity contribution in [2.24, 2.45) is 0 Å². The molecule has 138 valence electrons. The molecular weight excluding hydrogens is 340 g/mol. The molecule has 0 fully saturated rings. The molecule has 2 aromatic carbocycles. The third-order valence-corrected chi connectivity index (χ3v) is 4.06. The van der Waals surface area contributed by atoms with E-state index in [0.717, 1.165) is 17.7 Å². The Balaban J connectivity index is 1.46. The van der Waals surface area contributed by atoms with Crippen LogP contribution < -0.4 is 15.4 Å². The van der Waals surface area contributed by atoms with E-state index in [-0.39, 0.29) is 5.91 Å². The predicted molar refractivity (Wildman–Crippen MR) is 105 cm³/mol. The van der Waals surface area contributed by atoms with Crippen LogP contribution in [0.15, 0.2) is 67.0 Å². The Kier molecular flexibility index (Phi) is 6.35. The van der Waals surface area contributed by atoms with Gasteiger partial charge in [0.2, 0.25) is 0 Å². The molecule has 0 saturated carbocycles. The van der Waals surface area contributed by atoms with Crippen molar-refractivity contribution in [1.82, 2.24) is 15.3 Å². The number of carbonyl (C=O) groups is 1. The van der Waals surface area contributed by atoms with Crippen molar-refractivity contribution in [1.29, 1.82) is 0 Å². The molecule has 2 N–H and O–H groups in total. The first-order valence-corrected chi connectivity index (χ1v) is 8.75. The van der Waals surface area contributed by atoms with Crippen LogP contribution in [0.3, 0.4) is 0 Å². The van der Waals surface area contributed by atoms with E-state index < -0.39 is 0 Å². The summed E-state index contributed by atoms with van der Waals surface area (Å²) in [7, 11) is 1.64. The lowest BCUT2D eigenvalue weighted by Gasteiger charge is -2.08. The molecule has 0 atom stereocenters. The van der Waals surface area contributed by atoms with Crippen molar-refractivity contribution < 1.29 is 9.53 Å². The summed E-state index contributed by atoms with van der Waals surface area (Å²) in [5.74, 6) is 1.22. The van der Waals surface area contributed by atoms with Gasteiger partial charge in [0.15, 0.2) is 0 Å². The molecule has 0 aliphatic carbocycles. The number of nitrogens with one attached hydrogen (secondary N) is 2. The van der Waals surface area contributed by atoms with Crippen molar-refractivity contribution in [3.8, 4) is 5.75 Å². The summed E-state index contributed by atoms with van der Waals surface area (Å²) in [6, 6.07) is 17.8. The van der Waals surface area contributed by atoms with E-state index in [9.17, 15) is 4.79 Å². The van der Waals surface area contributed by atoms with Gasteiger partial charge in [-0.05, 0) is 29.7 Å². The zero-order valence-corrected chi connectivity index (χ0v) is 15.2. The number of benzene rings is 2. The van der Waals surface area contributed by atoms with E-state index >= 15 is 0 Å². The van der Waals surface area contributed by atoms with Crippen molar-refractivity contribution in [2.75, 3.05) is 19.0 Å². The highest BCUT2D eigenvalue weighted by Gasteiger charge is 2.07. The number of carbonyl (C=O) groups excluding carboxylic acids is 1. The van der Waals surface area contributed by atoms with E-state index in [1.54, 1.807) is 13.3 Å².